The van der Waals surface area contributed by atoms with Crippen molar-refractivity contribution in [1.82, 2.24) is 31.3 Å². The third kappa shape index (κ3) is 31.0. The number of rotatable bonds is 48. The Hall–Kier alpha value is -9.20. The number of unbranched alkanes of at least 4 members (excludes halogenated alkanes) is 2. The Labute approximate surface area is 857 Å². The number of benzene rings is 3. The number of aliphatic hydroxyl groups is 5. The van der Waals surface area contributed by atoms with Gasteiger partial charge >= 0.3 is 18.1 Å². The molecule has 0 saturated carbocycles. The number of ether oxygens (including phenoxy) is 11. The largest absolute Gasteiger partial charge is 0.496 e. The molecule has 41 heteroatoms. The van der Waals surface area contributed by atoms with E-state index < -0.39 is 173 Å². The second-order valence-electron chi connectivity index (χ2n) is 37.8. The summed E-state index contributed by atoms with van der Waals surface area (Å²) in [6, 6.07) is 11.1. The molecule has 780 valence electrons. The highest BCUT2D eigenvalue weighted by atomic mass is 127. The van der Waals surface area contributed by atoms with E-state index in [0.29, 0.717) is 58.1 Å². The van der Waals surface area contributed by atoms with Crippen LogP contribution in [0.1, 0.15) is 197 Å². The summed E-state index contributed by atoms with van der Waals surface area (Å²) in [7, 11) is 6.76. The number of aromatic amines is 1. The number of hydrogen-bond donors (Lipinski definition) is 12. The quantitative estimate of drug-likeness (QED) is 0.00372. The first-order valence-electron chi connectivity index (χ1n) is 48.2. The fraction of sp³-hybridized carbons (Fsp3) is 0.588. The number of hydroxylamine groups is 1. The maximum atomic E-state index is 14.7. The molecule has 7 aliphatic rings. The Morgan fingerprint density at radius 2 is 1.54 bits per heavy atom. The first kappa shape index (κ1) is 114. The monoisotopic (exact) mass is 2160 g/mol. The molecule has 2 bridgehead atoms. The van der Waals surface area contributed by atoms with E-state index in [-0.39, 0.29) is 190 Å². The minimum Gasteiger partial charge on any atom is -0.496 e. The highest BCUT2D eigenvalue weighted by molar-refractivity contribution is 14.1. The molecule has 0 spiro atoms. The lowest BCUT2D eigenvalue weighted by atomic mass is 9.72. The Bertz CT molecular complexity index is 5450. The third-order valence-electron chi connectivity index (χ3n) is 26.5. The van der Waals surface area contributed by atoms with Crippen molar-refractivity contribution < 1.29 is 140 Å². The van der Waals surface area contributed by atoms with Gasteiger partial charge in [0.05, 0.1) is 84.6 Å². The Balaban J connectivity index is 0.679. The molecule has 5 saturated heterocycles. The van der Waals surface area contributed by atoms with Gasteiger partial charge in [-0.3, -0.25) is 52.9 Å². The molecule has 2 aliphatic carbocycles. The molecular formula is C102H133IN8O29S3. The molecule has 5 aliphatic heterocycles. The van der Waals surface area contributed by atoms with Crippen LogP contribution in [-0.4, -0.2) is 273 Å². The number of nitrogens with one attached hydrogen (secondary N) is 6. The van der Waals surface area contributed by atoms with E-state index >= 15 is 0 Å². The van der Waals surface area contributed by atoms with Crippen molar-refractivity contribution in [3.05, 3.63) is 121 Å². The van der Waals surface area contributed by atoms with Gasteiger partial charge in [0, 0.05) is 152 Å². The minimum atomic E-state index is -2.19. The molecule has 3 aromatic carbocycles. The number of carbonyl (C=O) groups is 12. The zero-order valence-electron chi connectivity index (χ0n) is 82.7. The van der Waals surface area contributed by atoms with Crippen molar-refractivity contribution in [3.8, 4) is 35.2 Å². The predicted octanol–water partition coefficient (Wildman–Crippen LogP) is 9.67. The Morgan fingerprint density at radius 3 is 2.24 bits per heavy atom. The number of hydrogen-bond acceptors (Lipinski definition) is 33. The van der Waals surface area contributed by atoms with Gasteiger partial charge in [0.1, 0.15) is 66.3 Å². The SMILES string of the molecule is COC(=O)CC1=C2/C(=C/CSSC(C)(C)CCC(=O)CCCNC(=O)OCc3ccc(NC(=O)[C@H](CCCNC(N)=O)CC(=O)[C@H](Cc4c[nH]c5ccccc45)NC(=O)CCCCCN4C(=O)CC(C)C4=O)cc3)[C@](O)(C#C/C=C\C#C[C@@H]2OC2OC(C)C(NOC3CC(O)C(SC(=O)c4c(C)c(I)c(OC5OC(C)C(O)C(OC)C5O)c(C)c4OC)C(C)O3)C(O)C2OC2CC(C)C(CC(C)=O)CO2)CC1=O. The van der Waals surface area contributed by atoms with Gasteiger partial charge in [0.2, 0.25) is 35.0 Å². The molecule has 1 aromatic heterocycles. The number of aromatic nitrogens is 1. The lowest BCUT2D eigenvalue weighted by Gasteiger charge is -2.46. The number of ketones is 4. The minimum absolute atomic E-state index is 0.0127. The van der Waals surface area contributed by atoms with Crippen LogP contribution in [0.2, 0.25) is 0 Å². The van der Waals surface area contributed by atoms with E-state index in [1.165, 1.54) is 59.8 Å². The number of anilines is 1. The van der Waals surface area contributed by atoms with Crippen molar-refractivity contribution in [2.75, 3.05) is 58.6 Å². The highest BCUT2D eigenvalue weighted by Crippen LogP contribution is 2.47. The molecule has 13 N–H and O–H groups in total. The predicted molar refractivity (Wildman–Crippen MR) is 539 cm³/mol. The van der Waals surface area contributed by atoms with E-state index in [0.717, 1.165) is 35.3 Å². The average molecular weight is 2160 g/mol. The van der Waals surface area contributed by atoms with Crippen molar-refractivity contribution in [3.63, 3.8) is 0 Å². The number of nitrogens with zero attached hydrogens (tertiary/aromatic N) is 1. The number of urea groups is 1. The van der Waals surface area contributed by atoms with Crippen LogP contribution < -0.4 is 42.0 Å². The summed E-state index contributed by atoms with van der Waals surface area (Å²) in [6.45, 7) is 17.9. The number of esters is 1. The summed E-state index contributed by atoms with van der Waals surface area (Å²) in [5.74, 6) is 7.54. The van der Waals surface area contributed by atoms with E-state index in [2.05, 4.69) is 55.4 Å². The number of H-pyrrole nitrogens is 1. The first-order chi connectivity index (χ1) is 68.1. The van der Waals surface area contributed by atoms with Gasteiger partial charge in [0.25, 0.3) is 0 Å². The lowest BCUT2D eigenvalue weighted by Crippen LogP contribution is -2.64. The summed E-state index contributed by atoms with van der Waals surface area (Å²) in [5.41, 5.74) is 9.70. The van der Waals surface area contributed by atoms with E-state index in [4.69, 9.17) is 62.7 Å². The summed E-state index contributed by atoms with van der Waals surface area (Å²) in [6.07, 6.45) is -9.14. The van der Waals surface area contributed by atoms with Crippen LogP contribution in [0.3, 0.4) is 0 Å². The van der Waals surface area contributed by atoms with Crippen LogP contribution >= 0.6 is 55.9 Å². The van der Waals surface area contributed by atoms with Crippen molar-refractivity contribution in [2.45, 2.75) is 305 Å². The topological polar surface area (TPSA) is 522 Å². The van der Waals surface area contributed by atoms with Gasteiger partial charge in [-0.25, -0.2) is 9.59 Å². The van der Waals surface area contributed by atoms with E-state index in [1.54, 1.807) is 78.1 Å². The van der Waals surface area contributed by atoms with Gasteiger partial charge in [-0.2, -0.15) is 5.48 Å². The second-order valence-corrected chi connectivity index (χ2v) is 43.1. The molecule has 143 heavy (non-hydrogen) atoms. The fourth-order valence-corrected chi connectivity index (χ4v) is 22.7. The number of amides is 7. The number of fused-ring (bicyclic) bond motifs is 3. The number of imide groups is 1. The number of alkyl carbamates (subject to hydrolysis) is 1. The van der Waals surface area contributed by atoms with Crippen LogP contribution in [0.25, 0.3) is 10.9 Å². The maximum absolute atomic E-state index is 14.7. The number of aliphatic hydroxyl groups excluding tert-OH is 4. The summed E-state index contributed by atoms with van der Waals surface area (Å²) < 4.78 is 67.0. The van der Waals surface area contributed by atoms with Crippen molar-refractivity contribution in [1.29, 1.82) is 0 Å². The standard InChI is InChI=1S/C102H133IN8O29S3/c1-54-44-80(132-53-65(54)45-56(3)112)138-92-87(121)85(110-140-81-49-74(115)93(61(8)134-81)142-96(125)82-57(4)84(103)90(58(5)89(82)130-12)139-97-88(122)91(131-13)86(120)60(7)136-97)59(6)135-98(92)137-76-29-17-14-15-21-37-102(128)50-75(116)69(48-79(119)129-11)83(76)70(102)36-42-141-143-101(9,10)38-35-67(113)26-24-40-106-100(127)133-52-62-31-33-66(34-32-62)108-94(123)63(25-23-39-105-99(104)126)47-73(114)72(46-64-51-107-71-28-20-19-27-68(64)71)109-77(117)30-18-16-22-41-111-78(118)43-55(2)95(111)124/h14-15,19-20,27-28,31-34,36,51,54-55,59-61,63,65,72,74,76,80-81,85-88,91-93,97-98,107,110,115,120-122,128H,16,18,22-26,30,35,38-50,52-53H2,1-13H3,(H,106,127)(H,108,123)(H,109,117)(H3,104,105,126)/b15-14-,70-36-/t54?,55?,59?,60?,61?,63-,65?,72+,74?,76+,80?,81?,85?,86?,87?,88?,91?,92?,93?,97?,98?,102+/m1/s1. The number of nitrogens with two attached hydrogens (primary N) is 1. The number of primary amides is 1. The number of thioether (sulfide) groups is 1. The zero-order chi connectivity index (χ0) is 104. The maximum Gasteiger partial charge on any atom is 0.407 e. The zero-order valence-corrected chi connectivity index (χ0v) is 87.3. The molecule has 4 aromatic rings. The number of Topliss-reactive ketones (excluding diaryl/α,β-unsaturated/α-hetero) is 4. The Kier molecular flexibility index (Phi) is 42.6. The van der Waals surface area contributed by atoms with Crippen LogP contribution in [0.4, 0.5) is 15.3 Å². The second kappa shape index (κ2) is 53.4. The lowest BCUT2D eigenvalue weighted by molar-refractivity contribution is -0.335. The number of carbonyl (C=O) groups excluding carboxylic acids is 12. The van der Waals surface area contributed by atoms with Gasteiger partial charge in [-0.1, -0.05) is 114 Å². The molecule has 37 nitrogen and oxygen atoms in total. The molecule has 22 atom stereocenters. The van der Waals surface area contributed by atoms with Crippen LogP contribution in [0, 0.1) is 64.8 Å². The van der Waals surface area contributed by atoms with E-state index in [9.17, 15) is 83.1 Å². The van der Waals surface area contributed by atoms with Crippen molar-refractivity contribution >= 4 is 143 Å². The van der Waals surface area contributed by atoms with Gasteiger partial charge in [0.15, 0.2) is 36.0 Å². The van der Waals surface area contributed by atoms with Crippen LogP contribution in [0.5, 0.6) is 11.5 Å². The number of likely N-dealkylation sites (tertiary alicyclic amines) is 1. The summed E-state index contributed by atoms with van der Waals surface area (Å²) in [4.78, 5) is 171. The number of para-hydroxylation sites is 1. The molecule has 7 amide bonds. The van der Waals surface area contributed by atoms with Crippen LogP contribution in [-0.2, 0) is 104 Å². The molecule has 6 heterocycles. The van der Waals surface area contributed by atoms with Crippen LogP contribution in [0.15, 0.2) is 89.7 Å². The number of halogens is 1. The summed E-state index contributed by atoms with van der Waals surface area (Å²) in [5, 5.41) is 69.8. The fourth-order valence-electron chi connectivity index (χ4n) is 18.3. The molecule has 5 fully saturated rings. The Morgan fingerprint density at radius 1 is 0.804 bits per heavy atom. The average Bonchev–Trinajstić information content (AvgIpc) is 1.57. The molecular weight excluding hydrogens is 2020 g/mol. The number of methoxy groups -OCH3 is 3. The normalized spacial score (nSPS) is 27.5. The van der Waals surface area contributed by atoms with Crippen molar-refractivity contribution in [2.24, 2.45) is 29.4 Å². The summed E-state index contributed by atoms with van der Waals surface area (Å²) >= 11 is 2.88. The number of allylic oxidation sites excluding steroid dienone is 2. The smallest absolute Gasteiger partial charge is 0.407 e. The van der Waals surface area contributed by atoms with Gasteiger partial charge in [-0.15, -0.1) is 0 Å². The third-order valence-corrected chi connectivity index (χ3v) is 32.4. The first-order valence-corrected chi connectivity index (χ1v) is 52.5. The molecule has 0 radical (unpaired) electrons. The van der Waals surface area contributed by atoms with Gasteiger partial charge in [-0.05, 0) is 175 Å². The van der Waals surface area contributed by atoms with Gasteiger partial charge < -0.3 is 114 Å². The molecule has 18 unspecified atom stereocenters. The van der Waals surface area contributed by atoms with E-state index in [1.807, 2.05) is 67.6 Å². The highest BCUT2D eigenvalue weighted by Gasteiger charge is 2.53. The molecule has 11 rings (SSSR count).